The van der Waals surface area contributed by atoms with E-state index in [0.29, 0.717) is 28.7 Å². The van der Waals surface area contributed by atoms with Crippen LogP contribution in [-0.2, 0) is 4.79 Å². The summed E-state index contributed by atoms with van der Waals surface area (Å²) in [6.45, 7) is 2.26. The summed E-state index contributed by atoms with van der Waals surface area (Å²) in [7, 11) is 3.38. The summed E-state index contributed by atoms with van der Waals surface area (Å²) in [6, 6.07) is 0. The van der Waals surface area contributed by atoms with Crippen LogP contribution in [0.3, 0.4) is 0 Å². The lowest BCUT2D eigenvalue weighted by Crippen LogP contribution is -2.24. The van der Waals surface area contributed by atoms with E-state index in [1.54, 1.807) is 25.9 Å². The minimum Gasteiger partial charge on any atom is -0.344 e. The predicted molar refractivity (Wildman–Crippen MR) is 74.2 cm³/mol. The molecule has 0 radical (unpaired) electrons. The Labute approximate surface area is 116 Å². The number of aromatic nitrogens is 1. The van der Waals surface area contributed by atoms with Gasteiger partial charge in [0.1, 0.15) is 4.88 Å². The molecule has 100 valence electrons. The molecule has 1 unspecified atom stereocenters. The normalized spacial score (nSPS) is 18.5. The third-order valence-electron chi connectivity index (χ3n) is 2.98. The fourth-order valence-electron chi connectivity index (χ4n) is 1.90. The number of carbonyl (C=O) groups excluding carboxylic acids is 2. The van der Waals surface area contributed by atoms with E-state index < -0.39 is 0 Å². The van der Waals surface area contributed by atoms with Crippen molar-refractivity contribution in [3.63, 3.8) is 0 Å². The standard InChI is InChI=1S/C13H15N3O2S/c1-5-9-6-10(17)16(7-9)13-14-8(2)11(19-13)12(18)15(3)4/h1,9H,6-7H2,2-4H3. The molecule has 2 rings (SSSR count). The van der Waals surface area contributed by atoms with Crippen molar-refractivity contribution in [1.29, 1.82) is 0 Å². The van der Waals surface area contributed by atoms with E-state index in [1.807, 2.05) is 0 Å². The van der Waals surface area contributed by atoms with Crippen LogP contribution in [0.4, 0.5) is 5.13 Å². The summed E-state index contributed by atoms with van der Waals surface area (Å²) in [4.78, 5) is 31.8. The van der Waals surface area contributed by atoms with Crippen molar-refractivity contribution in [3.05, 3.63) is 10.6 Å². The van der Waals surface area contributed by atoms with Gasteiger partial charge in [0.05, 0.1) is 5.69 Å². The number of nitrogens with zero attached hydrogens (tertiary/aromatic N) is 3. The van der Waals surface area contributed by atoms with E-state index in [0.717, 1.165) is 0 Å². The van der Waals surface area contributed by atoms with Crippen LogP contribution in [0.1, 0.15) is 21.8 Å². The number of carbonyl (C=O) groups is 2. The Bertz CT molecular complexity index is 571. The lowest BCUT2D eigenvalue weighted by atomic mass is 10.1. The molecule has 1 aromatic heterocycles. The average molecular weight is 277 g/mol. The largest absolute Gasteiger partial charge is 0.344 e. The molecule has 2 heterocycles. The van der Waals surface area contributed by atoms with Crippen LogP contribution in [0.5, 0.6) is 0 Å². The van der Waals surface area contributed by atoms with Crippen molar-refractivity contribution in [2.24, 2.45) is 5.92 Å². The van der Waals surface area contributed by atoms with Gasteiger partial charge in [0, 0.05) is 33.0 Å². The first-order valence-corrected chi connectivity index (χ1v) is 6.71. The lowest BCUT2D eigenvalue weighted by molar-refractivity contribution is -0.117. The van der Waals surface area contributed by atoms with Crippen LogP contribution in [-0.4, -0.2) is 42.3 Å². The summed E-state index contributed by atoms with van der Waals surface area (Å²) < 4.78 is 0. The van der Waals surface area contributed by atoms with Gasteiger partial charge in [-0.15, -0.1) is 12.3 Å². The molecule has 0 N–H and O–H groups in total. The third kappa shape index (κ3) is 2.47. The molecule has 19 heavy (non-hydrogen) atoms. The van der Waals surface area contributed by atoms with Gasteiger partial charge in [-0.2, -0.15) is 0 Å². The summed E-state index contributed by atoms with van der Waals surface area (Å²) in [5.74, 6) is 2.41. The third-order valence-corrected chi connectivity index (χ3v) is 4.15. The molecule has 0 spiro atoms. The van der Waals surface area contributed by atoms with Crippen molar-refractivity contribution >= 4 is 28.3 Å². The number of thiazole rings is 1. The molecule has 0 aromatic carbocycles. The summed E-state index contributed by atoms with van der Waals surface area (Å²) in [6.07, 6.45) is 5.71. The molecule has 6 heteroatoms. The summed E-state index contributed by atoms with van der Waals surface area (Å²) in [5, 5.41) is 0.561. The zero-order valence-electron chi connectivity index (χ0n) is 11.1. The first kappa shape index (κ1) is 13.6. The highest BCUT2D eigenvalue weighted by molar-refractivity contribution is 7.17. The van der Waals surface area contributed by atoms with E-state index >= 15 is 0 Å². The Kier molecular flexibility index (Phi) is 3.58. The monoisotopic (exact) mass is 277 g/mol. The molecule has 0 aliphatic carbocycles. The highest BCUT2D eigenvalue weighted by Crippen LogP contribution is 2.31. The summed E-state index contributed by atoms with van der Waals surface area (Å²) in [5.41, 5.74) is 0.649. The maximum absolute atomic E-state index is 12.0. The van der Waals surface area contributed by atoms with Gasteiger partial charge in [-0.25, -0.2) is 4.98 Å². The molecule has 1 atom stereocenters. The zero-order chi connectivity index (χ0) is 14.2. The Balaban J connectivity index is 2.29. The van der Waals surface area contributed by atoms with E-state index in [2.05, 4.69) is 10.9 Å². The number of hydrogen-bond donors (Lipinski definition) is 0. The van der Waals surface area contributed by atoms with Crippen LogP contribution in [0.2, 0.25) is 0 Å². The van der Waals surface area contributed by atoms with Gasteiger partial charge in [0.15, 0.2) is 5.13 Å². The number of rotatable bonds is 2. The Hall–Kier alpha value is -1.87. The van der Waals surface area contributed by atoms with Crippen molar-refractivity contribution in [3.8, 4) is 12.3 Å². The fraction of sp³-hybridized carbons (Fsp3) is 0.462. The molecule has 1 aliphatic rings. The maximum atomic E-state index is 12.0. The van der Waals surface area contributed by atoms with Crippen LogP contribution in [0.25, 0.3) is 0 Å². The predicted octanol–water partition coefficient (Wildman–Crippen LogP) is 1.14. The number of amides is 2. The Morgan fingerprint density at radius 2 is 2.26 bits per heavy atom. The minimum atomic E-state index is -0.0959. The minimum absolute atomic E-state index is 0.0273. The van der Waals surface area contributed by atoms with Crippen molar-refractivity contribution in [2.75, 3.05) is 25.5 Å². The van der Waals surface area contributed by atoms with Gasteiger partial charge in [-0.1, -0.05) is 11.3 Å². The fourth-order valence-corrected chi connectivity index (χ4v) is 3.02. The number of hydrogen-bond acceptors (Lipinski definition) is 4. The van der Waals surface area contributed by atoms with Gasteiger partial charge in [0.2, 0.25) is 5.91 Å². The van der Waals surface area contributed by atoms with Gasteiger partial charge in [-0.05, 0) is 6.92 Å². The van der Waals surface area contributed by atoms with Crippen LogP contribution in [0.15, 0.2) is 0 Å². The van der Waals surface area contributed by atoms with E-state index in [4.69, 9.17) is 6.42 Å². The molecule has 5 nitrogen and oxygen atoms in total. The second-order valence-corrected chi connectivity index (χ2v) is 5.66. The van der Waals surface area contributed by atoms with E-state index in [-0.39, 0.29) is 17.7 Å². The second-order valence-electron chi connectivity index (χ2n) is 4.68. The van der Waals surface area contributed by atoms with E-state index in [1.165, 1.54) is 16.2 Å². The van der Waals surface area contributed by atoms with E-state index in [9.17, 15) is 9.59 Å². The maximum Gasteiger partial charge on any atom is 0.265 e. The lowest BCUT2D eigenvalue weighted by Gasteiger charge is -2.11. The molecule has 1 fully saturated rings. The van der Waals surface area contributed by atoms with Crippen molar-refractivity contribution < 1.29 is 9.59 Å². The van der Waals surface area contributed by atoms with Crippen LogP contribution >= 0.6 is 11.3 Å². The Morgan fingerprint density at radius 1 is 1.58 bits per heavy atom. The molecular formula is C13H15N3O2S. The first-order valence-electron chi connectivity index (χ1n) is 5.89. The molecule has 1 aromatic rings. The topological polar surface area (TPSA) is 53.5 Å². The van der Waals surface area contributed by atoms with Gasteiger partial charge < -0.3 is 4.90 Å². The highest BCUT2D eigenvalue weighted by Gasteiger charge is 2.32. The SMILES string of the molecule is C#CC1CC(=O)N(c2nc(C)c(C(=O)N(C)C)s2)C1. The average Bonchev–Trinajstić information content (AvgIpc) is 2.91. The van der Waals surface area contributed by atoms with Crippen molar-refractivity contribution in [2.45, 2.75) is 13.3 Å². The molecular weight excluding hydrogens is 262 g/mol. The quantitative estimate of drug-likeness (QED) is 0.762. The van der Waals surface area contributed by atoms with Gasteiger partial charge in [0.25, 0.3) is 5.91 Å². The second kappa shape index (κ2) is 5.02. The molecule has 1 aliphatic heterocycles. The number of aryl methyl sites for hydroxylation is 1. The van der Waals surface area contributed by atoms with Crippen molar-refractivity contribution in [1.82, 2.24) is 9.88 Å². The van der Waals surface area contributed by atoms with Gasteiger partial charge >= 0.3 is 0 Å². The zero-order valence-corrected chi connectivity index (χ0v) is 12.0. The molecule has 1 saturated heterocycles. The molecule has 2 amide bonds. The molecule has 0 bridgehead atoms. The number of anilines is 1. The Morgan fingerprint density at radius 3 is 2.79 bits per heavy atom. The van der Waals surface area contributed by atoms with Gasteiger partial charge in [-0.3, -0.25) is 14.5 Å². The first-order chi connectivity index (χ1) is 8.93. The van der Waals surface area contributed by atoms with Crippen LogP contribution < -0.4 is 4.90 Å². The van der Waals surface area contributed by atoms with Crippen LogP contribution in [0, 0.1) is 25.2 Å². The number of terminal acetylenes is 1. The smallest absolute Gasteiger partial charge is 0.265 e. The molecule has 0 saturated carbocycles. The summed E-state index contributed by atoms with van der Waals surface area (Å²) >= 11 is 1.24. The highest BCUT2D eigenvalue weighted by atomic mass is 32.1.